The minimum Gasteiger partial charge on any atom is -0.395 e. The number of halogens is 1. The Hall–Kier alpha value is -1.21. The third kappa shape index (κ3) is 3.87. The Morgan fingerprint density at radius 2 is 2.21 bits per heavy atom. The molecule has 0 aliphatic rings. The Bertz CT molecular complexity index is 454. The van der Waals surface area contributed by atoms with Crippen molar-refractivity contribution in [2.45, 2.75) is 26.7 Å². The van der Waals surface area contributed by atoms with Gasteiger partial charge < -0.3 is 10.0 Å². The lowest BCUT2D eigenvalue weighted by Gasteiger charge is -2.24. The molecule has 1 rings (SSSR count). The number of nitrogens with zero attached hydrogens (tertiary/aromatic N) is 3. The maximum atomic E-state index is 10.8. The zero-order valence-corrected chi connectivity index (χ0v) is 12.7. The van der Waals surface area contributed by atoms with Crippen molar-refractivity contribution in [3.63, 3.8) is 0 Å². The lowest BCUT2D eigenvalue weighted by atomic mass is 10.2. The highest BCUT2D eigenvalue weighted by atomic mass is 79.9. The van der Waals surface area contributed by atoms with Crippen LogP contribution in [0.3, 0.4) is 0 Å². The van der Waals surface area contributed by atoms with Crippen LogP contribution >= 0.6 is 15.9 Å². The predicted octanol–water partition coefficient (Wildman–Crippen LogP) is 2.66. The highest BCUT2D eigenvalue weighted by Gasteiger charge is 2.20. The van der Waals surface area contributed by atoms with Crippen molar-refractivity contribution in [2.24, 2.45) is 0 Å². The number of pyridine rings is 1. The topological polar surface area (TPSA) is 79.5 Å². The molecule has 0 aromatic carbocycles. The van der Waals surface area contributed by atoms with E-state index in [0.717, 1.165) is 19.4 Å². The van der Waals surface area contributed by atoms with E-state index in [-0.39, 0.29) is 12.3 Å². The van der Waals surface area contributed by atoms with Crippen LogP contribution in [0.5, 0.6) is 0 Å². The summed E-state index contributed by atoms with van der Waals surface area (Å²) in [5.74, 6) is 0.644. The molecule has 0 unspecified atom stereocenters. The van der Waals surface area contributed by atoms with Crippen molar-refractivity contribution in [3.8, 4) is 0 Å². The molecule has 0 atom stereocenters. The highest BCUT2D eigenvalue weighted by Crippen LogP contribution is 2.32. The van der Waals surface area contributed by atoms with Crippen LogP contribution in [0.4, 0.5) is 11.5 Å². The maximum absolute atomic E-state index is 10.8. The van der Waals surface area contributed by atoms with Gasteiger partial charge >= 0.3 is 0 Å². The fraction of sp³-hybridized carbons (Fsp3) is 0.583. The standard InChI is InChI=1S/C12H18BrN3O3/c1-3-4-5-15(6-7-17)12-11(13)9(2)10(8-14-12)16(18)19/h8,17H,3-7H2,1-2H3. The number of aromatic nitrogens is 1. The zero-order chi connectivity index (χ0) is 14.4. The number of anilines is 1. The molecule has 0 aliphatic carbocycles. The quantitative estimate of drug-likeness (QED) is 0.613. The molecule has 0 saturated carbocycles. The molecule has 0 spiro atoms. The number of hydrogen-bond donors (Lipinski definition) is 1. The first-order chi connectivity index (χ1) is 9.02. The molecule has 6 nitrogen and oxygen atoms in total. The molecule has 0 fully saturated rings. The summed E-state index contributed by atoms with van der Waals surface area (Å²) in [7, 11) is 0. The zero-order valence-electron chi connectivity index (χ0n) is 11.1. The van der Waals surface area contributed by atoms with Crippen LogP contribution in [-0.4, -0.2) is 34.7 Å². The van der Waals surface area contributed by atoms with E-state index in [4.69, 9.17) is 5.11 Å². The van der Waals surface area contributed by atoms with E-state index in [1.165, 1.54) is 6.20 Å². The fourth-order valence-electron chi connectivity index (χ4n) is 1.75. The van der Waals surface area contributed by atoms with E-state index in [1.807, 2.05) is 4.90 Å². The Morgan fingerprint density at radius 3 is 2.74 bits per heavy atom. The van der Waals surface area contributed by atoms with Gasteiger partial charge in [-0.05, 0) is 29.3 Å². The average molecular weight is 332 g/mol. The second-order valence-corrected chi connectivity index (χ2v) is 5.02. The molecule has 0 radical (unpaired) electrons. The van der Waals surface area contributed by atoms with Crippen LogP contribution in [-0.2, 0) is 0 Å². The van der Waals surface area contributed by atoms with Crippen molar-refractivity contribution >= 4 is 27.4 Å². The minimum absolute atomic E-state index is 0.00457. The molecule has 7 heteroatoms. The fourth-order valence-corrected chi connectivity index (χ4v) is 2.31. The van der Waals surface area contributed by atoms with Crippen molar-refractivity contribution in [3.05, 3.63) is 26.3 Å². The van der Waals surface area contributed by atoms with E-state index in [0.29, 0.717) is 22.4 Å². The third-order valence-corrected chi connectivity index (χ3v) is 3.82. The first-order valence-corrected chi connectivity index (χ1v) is 6.97. The maximum Gasteiger partial charge on any atom is 0.291 e. The molecule has 0 saturated heterocycles. The number of unbranched alkanes of at least 4 members (excludes halogenated alkanes) is 1. The average Bonchev–Trinajstić information content (AvgIpc) is 2.37. The summed E-state index contributed by atoms with van der Waals surface area (Å²) in [6, 6.07) is 0. The normalized spacial score (nSPS) is 10.5. The molecule has 0 aliphatic heterocycles. The Balaban J connectivity index is 3.10. The first kappa shape index (κ1) is 15.8. The van der Waals surface area contributed by atoms with Crippen LogP contribution in [0.2, 0.25) is 0 Å². The summed E-state index contributed by atoms with van der Waals surface area (Å²) < 4.78 is 0.617. The van der Waals surface area contributed by atoms with E-state index >= 15 is 0 Å². The van der Waals surface area contributed by atoms with Crippen molar-refractivity contribution < 1.29 is 10.0 Å². The van der Waals surface area contributed by atoms with Crippen molar-refractivity contribution in [2.75, 3.05) is 24.6 Å². The number of nitro groups is 1. The van der Waals surface area contributed by atoms with Gasteiger partial charge in [-0.2, -0.15) is 0 Å². The Morgan fingerprint density at radius 1 is 1.53 bits per heavy atom. The van der Waals surface area contributed by atoms with Gasteiger partial charge in [0.25, 0.3) is 5.69 Å². The van der Waals surface area contributed by atoms with Gasteiger partial charge in [-0.25, -0.2) is 4.98 Å². The molecule has 106 valence electrons. The molecule has 1 N–H and O–H groups in total. The smallest absolute Gasteiger partial charge is 0.291 e. The molecule has 1 aromatic heterocycles. The summed E-state index contributed by atoms with van der Waals surface area (Å²) in [6.45, 7) is 5.02. The second kappa shape index (κ2) is 7.40. The third-order valence-electron chi connectivity index (χ3n) is 2.87. The van der Waals surface area contributed by atoms with Crippen LogP contribution < -0.4 is 4.90 Å². The van der Waals surface area contributed by atoms with Crippen LogP contribution in [0, 0.1) is 17.0 Å². The lowest BCUT2D eigenvalue weighted by molar-refractivity contribution is -0.385. The summed E-state index contributed by atoms with van der Waals surface area (Å²) in [4.78, 5) is 16.5. The summed E-state index contributed by atoms with van der Waals surface area (Å²) in [6.07, 6.45) is 3.28. The number of rotatable bonds is 7. The van der Waals surface area contributed by atoms with Gasteiger partial charge in [0.15, 0.2) is 0 Å². The van der Waals surface area contributed by atoms with Crippen LogP contribution in [0.15, 0.2) is 10.7 Å². The Kier molecular flexibility index (Phi) is 6.17. The molecule has 0 amide bonds. The summed E-state index contributed by atoms with van der Waals surface area (Å²) in [5, 5.41) is 20.0. The van der Waals surface area contributed by atoms with Crippen LogP contribution in [0.1, 0.15) is 25.3 Å². The molecular formula is C12H18BrN3O3. The van der Waals surface area contributed by atoms with Gasteiger partial charge in [-0.1, -0.05) is 13.3 Å². The SMILES string of the molecule is CCCCN(CCO)c1ncc([N+](=O)[O-])c(C)c1Br. The Labute approximate surface area is 120 Å². The van der Waals surface area contributed by atoms with Gasteiger partial charge in [-0.15, -0.1) is 0 Å². The van der Waals surface area contributed by atoms with E-state index in [2.05, 4.69) is 27.8 Å². The monoisotopic (exact) mass is 331 g/mol. The van der Waals surface area contributed by atoms with Gasteiger partial charge in [0, 0.05) is 18.7 Å². The van der Waals surface area contributed by atoms with Gasteiger partial charge in [-0.3, -0.25) is 10.1 Å². The number of aliphatic hydroxyl groups is 1. The molecule has 1 aromatic rings. The molecule has 1 heterocycles. The number of hydrogen-bond acceptors (Lipinski definition) is 5. The number of aliphatic hydroxyl groups excluding tert-OH is 1. The van der Waals surface area contributed by atoms with E-state index in [9.17, 15) is 10.1 Å². The lowest BCUT2D eigenvalue weighted by Crippen LogP contribution is -2.29. The highest BCUT2D eigenvalue weighted by molar-refractivity contribution is 9.10. The second-order valence-electron chi connectivity index (χ2n) is 4.23. The van der Waals surface area contributed by atoms with E-state index < -0.39 is 4.92 Å². The van der Waals surface area contributed by atoms with E-state index in [1.54, 1.807) is 6.92 Å². The molecule has 0 bridgehead atoms. The van der Waals surface area contributed by atoms with Crippen molar-refractivity contribution in [1.29, 1.82) is 0 Å². The summed E-state index contributed by atoms with van der Waals surface area (Å²) in [5.41, 5.74) is 0.546. The van der Waals surface area contributed by atoms with Gasteiger partial charge in [0.05, 0.1) is 16.0 Å². The molecular weight excluding hydrogens is 314 g/mol. The molecule has 19 heavy (non-hydrogen) atoms. The largest absolute Gasteiger partial charge is 0.395 e. The predicted molar refractivity (Wildman–Crippen MR) is 77.5 cm³/mol. The minimum atomic E-state index is -0.445. The summed E-state index contributed by atoms with van der Waals surface area (Å²) >= 11 is 3.37. The van der Waals surface area contributed by atoms with Crippen molar-refractivity contribution in [1.82, 2.24) is 4.98 Å². The van der Waals surface area contributed by atoms with Crippen LogP contribution in [0.25, 0.3) is 0 Å². The first-order valence-electron chi connectivity index (χ1n) is 6.18. The van der Waals surface area contributed by atoms with Gasteiger partial charge in [0.2, 0.25) is 0 Å². The van der Waals surface area contributed by atoms with Gasteiger partial charge in [0.1, 0.15) is 12.0 Å².